The third kappa shape index (κ3) is 3.03. The Balaban J connectivity index is 1.83. The molecule has 3 heterocycles. The quantitative estimate of drug-likeness (QED) is 0.797. The first-order chi connectivity index (χ1) is 11.1. The van der Waals surface area contributed by atoms with Gasteiger partial charge in [0.15, 0.2) is 5.65 Å². The van der Waals surface area contributed by atoms with Crippen molar-refractivity contribution in [3.63, 3.8) is 0 Å². The molecule has 23 heavy (non-hydrogen) atoms. The van der Waals surface area contributed by atoms with E-state index in [4.69, 9.17) is 0 Å². The van der Waals surface area contributed by atoms with Gasteiger partial charge in [0.25, 0.3) is 5.91 Å². The van der Waals surface area contributed by atoms with Gasteiger partial charge in [-0.3, -0.25) is 9.78 Å². The van der Waals surface area contributed by atoms with Gasteiger partial charge in [-0.1, -0.05) is 0 Å². The third-order valence-corrected chi connectivity index (χ3v) is 3.46. The number of fused-ring (bicyclic) bond motifs is 1. The molecule has 1 amide bonds. The Labute approximate surface area is 133 Å². The fourth-order valence-electron chi connectivity index (χ4n) is 2.40. The molecule has 0 saturated heterocycles. The minimum Gasteiger partial charge on any atom is -0.343 e. The van der Waals surface area contributed by atoms with Gasteiger partial charge in [0.2, 0.25) is 0 Å². The molecular weight excluding hydrogens is 292 g/mol. The SMILES string of the molecule is Cc1cnc(C(=O)NCc2nc3cccnc3n2C(C)C)cn1. The molecule has 3 aromatic rings. The van der Waals surface area contributed by atoms with Crippen molar-refractivity contribution in [3.8, 4) is 0 Å². The fraction of sp³-hybridized carbons (Fsp3) is 0.312. The van der Waals surface area contributed by atoms with Crippen molar-refractivity contribution >= 4 is 17.1 Å². The zero-order valence-corrected chi connectivity index (χ0v) is 13.3. The average Bonchev–Trinajstić information content (AvgIpc) is 2.91. The van der Waals surface area contributed by atoms with Crippen molar-refractivity contribution in [2.45, 2.75) is 33.4 Å². The second-order valence-electron chi connectivity index (χ2n) is 5.56. The number of carbonyl (C=O) groups is 1. The normalized spacial score (nSPS) is 11.1. The van der Waals surface area contributed by atoms with Crippen molar-refractivity contribution in [1.29, 1.82) is 0 Å². The van der Waals surface area contributed by atoms with Crippen LogP contribution in [-0.4, -0.2) is 30.4 Å². The van der Waals surface area contributed by atoms with Gasteiger partial charge in [-0.05, 0) is 32.9 Å². The summed E-state index contributed by atoms with van der Waals surface area (Å²) in [6.07, 6.45) is 4.78. The topological polar surface area (TPSA) is 85.6 Å². The molecule has 0 unspecified atom stereocenters. The summed E-state index contributed by atoms with van der Waals surface area (Å²) in [5.74, 6) is 0.495. The van der Waals surface area contributed by atoms with Crippen LogP contribution in [0, 0.1) is 6.92 Å². The summed E-state index contributed by atoms with van der Waals surface area (Å²) in [4.78, 5) is 29.3. The molecule has 7 heteroatoms. The van der Waals surface area contributed by atoms with Crippen LogP contribution >= 0.6 is 0 Å². The number of nitrogens with zero attached hydrogens (tertiary/aromatic N) is 5. The molecule has 0 atom stereocenters. The average molecular weight is 310 g/mol. The van der Waals surface area contributed by atoms with Crippen LogP contribution in [0.5, 0.6) is 0 Å². The molecular formula is C16H18N6O. The molecule has 1 N–H and O–H groups in total. The molecule has 0 radical (unpaired) electrons. The highest BCUT2D eigenvalue weighted by Gasteiger charge is 2.15. The number of hydrogen-bond donors (Lipinski definition) is 1. The van der Waals surface area contributed by atoms with Crippen LogP contribution in [0.15, 0.2) is 30.7 Å². The number of pyridine rings is 1. The van der Waals surface area contributed by atoms with Crippen molar-refractivity contribution in [3.05, 3.63) is 47.9 Å². The van der Waals surface area contributed by atoms with E-state index in [2.05, 4.69) is 39.1 Å². The Morgan fingerprint density at radius 3 is 2.78 bits per heavy atom. The smallest absolute Gasteiger partial charge is 0.271 e. The highest BCUT2D eigenvalue weighted by Crippen LogP contribution is 2.18. The fourth-order valence-corrected chi connectivity index (χ4v) is 2.40. The Kier molecular flexibility index (Phi) is 4.01. The summed E-state index contributed by atoms with van der Waals surface area (Å²) in [6, 6.07) is 3.96. The number of nitrogens with one attached hydrogen (secondary N) is 1. The number of rotatable bonds is 4. The number of aryl methyl sites for hydroxylation is 1. The lowest BCUT2D eigenvalue weighted by molar-refractivity contribution is 0.0944. The molecule has 0 aromatic carbocycles. The van der Waals surface area contributed by atoms with E-state index in [1.807, 2.05) is 23.6 Å². The van der Waals surface area contributed by atoms with Crippen molar-refractivity contribution in [2.75, 3.05) is 0 Å². The van der Waals surface area contributed by atoms with E-state index < -0.39 is 0 Å². The zero-order valence-electron chi connectivity index (χ0n) is 13.3. The Morgan fingerprint density at radius 1 is 1.26 bits per heavy atom. The molecule has 0 saturated carbocycles. The monoisotopic (exact) mass is 310 g/mol. The van der Waals surface area contributed by atoms with E-state index in [0.717, 1.165) is 22.7 Å². The van der Waals surface area contributed by atoms with Crippen molar-refractivity contribution < 1.29 is 4.79 Å². The summed E-state index contributed by atoms with van der Waals surface area (Å²) in [6.45, 7) is 6.26. The molecule has 0 bridgehead atoms. The molecule has 7 nitrogen and oxygen atoms in total. The lowest BCUT2D eigenvalue weighted by Gasteiger charge is -2.12. The lowest BCUT2D eigenvalue weighted by atomic mass is 10.3. The first-order valence-electron chi connectivity index (χ1n) is 7.45. The van der Waals surface area contributed by atoms with Gasteiger partial charge < -0.3 is 9.88 Å². The molecule has 0 fully saturated rings. The second-order valence-corrected chi connectivity index (χ2v) is 5.56. The van der Waals surface area contributed by atoms with E-state index in [0.29, 0.717) is 12.2 Å². The summed E-state index contributed by atoms with van der Waals surface area (Å²) < 4.78 is 2.02. The molecule has 3 aromatic heterocycles. The maximum absolute atomic E-state index is 12.2. The largest absolute Gasteiger partial charge is 0.343 e. The molecule has 0 aliphatic heterocycles. The number of amides is 1. The van der Waals surface area contributed by atoms with E-state index in [1.165, 1.54) is 6.20 Å². The van der Waals surface area contributed by atoms with Crippen LogP contribution in [0.4, 0.5) is 0 Å². The number of carbonyl (C=O) groups excluding carboxylic acids is 1. The number of aromatic nitrogens is 5. The van der Waals surface area contributed by atoms with Crippen LogP contribution in [-0.2, 0) is 6.54 Å². The minimum atomic E-state index is -0.271. The van der Waals surface area contributed by atoms with Gasteiger partial charge in [0.05, 0.1) is 18.4 Å². The highest BCUT2D eigenvalue weighted by atomic mass is 16.1. The van der Waals surface area contributed by atoms with Crippen LogP contribution in [0.2, 0.25) is 0 Å². The molecule has 0 spiro atoms. The van der Waals surface area contributed by atoms with Gasteiger partial charge in [-0.25, -0.2) is 15.0 Å². The van der Waals surface area contributed by atoms with Gasteiger partial charge in [-0.2, -0.15) is 0 Å². The van der Waals surface area contributed by atoms with Gasteiger partial charge in [0, 0.05) is 18.4 Å². The summed E-state index contributed by atoms with van der Waals surface area (Å²) in [5.41, 5.74) is 2.71. The van der Waals surface area contributed by atoms with Crippen LogP contribution < -0.4 is 5.32 Å². The first-order valence-corrected chi connectivity index (χ1v) is 7.45. The molecule has 3 rings (SSSR count). The second kappa shape index (κ2) is 6.12. The maximum atomic E-state index is 12.2. The summed E-state index contributed by atoms with van der Waals surface area (Å²) in [7, 11) is 0. The van der Waals surface area contributed by atoms with E-state index in [-0.39, 0.29) is 11.9 Å². The third-order valence-electron chi connectivity index (χ3n) is 3.46. The van der Waals surface area contributed by atoms with Crippen molar-refractivity contribution in [2.24, 2.45) is 0 Å². The maximum Gasteiger partial charge on any atom is 0.271 e. The van der Waals surface area contributed by atoms with E-state index in [9.17, 15) is 4.79 Å². The van der Waals surface area contributed by atoms with Crippen LogP contribution in [0.1, 0.15) is 41.9 Å². The summed E-state index contributed by atoms with van der Waals surface area (Å²) in [5, 5.41) is 2.84. The summed E-state index contributed by atoms with van der Waals surface area (Å²) >= 11 is 0. The zero-order chi connectivity index (χ0) is 16.4. The Morgan fingerprint density at radius 2 is 2.09 bits per heavy atom. The Bertz CT molecular complexity index is 837. The molecule has 0 aliphatic rings. The first kappa shape index (κ1) is 15.1. The Hall–Kier alpha value is -2.83. The van der Waals surface area contributed by atoms with Crippen LogP contribution in [0.25, 0.3) is 11.2 Å². The van der Waals surface area contributed by atoms with E-state index in [1.54, 1.807) is 12.4 Å². The van der Waals surface area contributed by atoms with Crippen LogP contribution in [0.3, 0.4) is 0 Å². The standard InChI is InChI=1S/C16H18N6O/c1-10(2)22-14(21-12-5-4-6-17-15(12)22)9-20-16(23)13-8-18-11(3)7-19-13/h4-8,10H,9H2,1-3H3,(H,20,23). The number of imidazole rings is 1. The van der Waals surface area contributed by atoms with Gasteiger partial charge >= 0.3 is 0 Å². The molecule has 0 aliphatic carbocycles. The predicted molar refractivity (Wildman–Crippen MR) is 85.9 cm³/mol. The number of hydrogen-bond acceptors (Lipinski definition) is 5. The van der Waals surface area contributed by atoms with Gasteiger partial charge in [0.1, 0.15) is 17.0 Å². The molecule has 118 valence electrons. The van der Waals surface area contributed by atoms with Gasteiger partial charge in [-0.15, -0.1) is 0 Å². The minimum absolute atomic E-state index is 0.195. The predicted octanol–water partition coefficient (Wildman–Crippen LogP) is 2.04. The van der Waals surface area contributed by atoms with E-state index >= 15 is 0 Å². The lowest BCUT2D eigenvalue weighted by Crippen LogP contribution is -2.26. The van der Waals surface area contributed by atoms with Crippen molar-refractivity contribution in [1.82, 2.24) is 29.8 Å². The highest BCUT2D eigenvalue weighted by molar-refractivity contribution is 5.91.